The van der Waals surface area contributed by atoms with Crippen molar-refractivity contribution in [1.82, 2.24) is 9.78 Å². The standard InChI is InChI=1S/C13H26N4O/c1-6-10-11(14)12(17(5)16-10)15-8-13(4,18)7-9(2)3/h9,15,18H,6-8,14H2,1-5H3. The molecule has 0 aliphatic heterocycles. The van der Waals surface area contributed by atoms with Gasteiger partial charge in [0, 0.05) is 13.6 Å². The van der Waals surface area contributed by atoms with Crippen LogP contribution in [0.4, 0.5) is 11.5 Å². The smallest absolute Gasteiger partial charge is 0.147 e. The molecule has 0 aliphatic rings. The average molecular weight is 254 g/mol. The summed E-state index contributed by atoms with van der Waals surface area (Å²) in [6.07, 6.45) is 1.56. The summed E-state index contributed by atoms with van der Waals surface area (Å²) in [5.41, 5.74) is 6.85. The van der Waals surface area contributed by atoms with E-state index in [1.807, 2.05) is 20.9 Å². The summed E-state index contributed by atoms with van der Waals surface area (Å²) in [6, 6.07) is 0. The van der Waals surface area contributed by atoms with Gasteiger partial charge in [-0.2, -0.15) is 5.10 Å². The fourth-order valence-electron chi connectivity index (χ4n) is 2.29. The highest BCUT2D eigenvalue weighted by Crippen LogP contribution is 2.24. The van der Waals surface area contributed by atoms with Crippen LogP contribution in [0.3, 0.4) is 0 Å². The lowest BCUT2D eigenvalue weighted by Crippen LogP contribution is -2.35. The van der Waals surface area contributed by atoms with E-state index in [0.29, 0.717) is 18.2 Å². The molecule has 0 bridgehead atoms. The SMILES string of the molecule is CCc1nn(C)c(NCC(C)(O)CC(C)C)c1N. The number of hydrogen-bond acceptors (Lipinski definition) is 4. The molecule has 5 nitrogen and oxygen atoms in total. The Kier molecular flexibility index (Phi) is 4.62. The number of aryl methyl sites for hydroxylation is 2. The molecule has 5 heteroatoms. The van der Waals surface area contributed by atoms with Crippen LogP contribution >= 0.6 is 0 Å². The molecule has 0 aliphatic carbocycles. The summed E-state index contributed by atoms with van der Waals surface area (Å²) in [6.45, 7) is 8.53. The van der Waals surface area contributed by atoms with Crippen LogP contribution in [0.2, 0.25) is 0 Å². The molecule has 104 valence electrons. The van der Waals surface area contributed by atoms with E-state index in [1.54, 1.807) is 4.68 Å². The second-order valence-electron chi connectivity index (χ2n) is 5.63. The van der Waals surface area contributed by atoms with Crippen molar-refractivity contribution < 1.29 is 5.11 Å². The lowest BCUT2D eigenvalue weighted by molar-refractivity contribution is 0.0514. The Hall–Kier alpha value is -1.23. The molecule has 0 spiro atoms. The number of anilines is 2. The minimum Gasteiger partial charge on any atom is -0.394 e. The van der Waals surface area contributed by atoms with E-state index >= 15 is 0 Å². The van der Waals surface area contributed by atoms with E-state index in [2.05, 4.69) is 24.3 Å². The van der Waals surface area contributed by atoms with Crippen LogP contribution in [-0.4, -0.2) is 27.0 Å². The molecule has 0 radical (unpaired) electrons. The number of aromatic nitrogens is 2. The third kappa shape index (κ3) is 3.63. The van der Waals surface area contributed by atoms with E-state index in [0.717, 1.165) is 24.4 Å². The highest BCUT2D eigenvalue weighted by Gasteiger charge is 2.23. The van der Waals surface area contributed by atoms with E-state index in [4.69, 9.17) is 5.73 Å². The Bertz CT molecular complexity index is 396. The zero-order valence-corrected chi connectivity index (χ0v) is 12.1. The third-order valence-electron chi connectivity index (χ3n) is 2.98. The Labute approximate surface area is 109 Å². The summed E-state index contributed by atoms with van der Waals surface area (Å²) in [4.78, 5) is 0. The molecule has 1 rings (SSSR count). The Morgan fingerprint density at radius 3 is 2.56 bits per heavy atom. The van der Waals surface area contributed by atoms with E-state index in [-0.39, 0.29) is 0 Å². The van der Waals surface area contributed by atoms with Gasteiger partial charge < -0.3 is 16.2 Å². The Morgan fingerprint density at radius 1 is 1.50 bits per heavy atom. The number of nitrogens with zero attached hydrogens (tertiary/aromatic N) is 2. The molecule has 1 heterocycles. The number of rotatable bonds is 6. The van der Waals surface area contributed by atoms with Crippen molar-refractivity contribution in [3.8, 4) is 0 Å². The maximum absolute atomic E-state index is 10.3. The van der Waals surface area contributed by atoms with Gasteiger partial charge in [-0.25, -0.2) is 0 Å². The summed E-state index contributed by atoms with van der Waals surface area (Å²) in [7, 11) is 1.86. The van der Waals surface area contributed by atoms with Crippen molar-refractivity contribution >= 4 is 11.5 Å². The van der Waals surface area contributed by atoms with Gasteiger partial charge in [-0.3, -0.25) is 4.68 Å². The molecule has 1 aromatic rings. The molecule has 0 saturated carbocycles. The van der Waals surface area contributed by atoms with Crippen molar-refractivity contribution in [1.29, 1.82) is 0 Å². The minimum absolute atomic E-state index is 0.455. The minimum atomic E-state index is -0.739. The van der Waals surface area contributed by atoms with Crippen molar-refractivity contribution in [3.63, 3.8) is 0 Å². The normalized spacial score (nSPS) is 14.8. The first kappa shape index (κ1) is 14.8. The van der Waals surface area contributed by atoms with Gasteiger partial charge in [-0.15, -0.1) is 0 Å². The van der Waals surface area contributed by atoms with Gasteiger partial charge in [0.15, 0.2) is 0 Å². The van der Waals surface area contributed by atoms with Gasteiger partial charge >= 0.3 is 0 Å². The van der Waals surface area contributed by atoms with E-state index in [1.165, 1.54) is 0 Å². The van der Waals surface area contributed by atoms with Gasteiger partial charge in [-0.1, -0.05) is 20.8 Å². The molecular formula is C13H26N4O. The highest BCUT2D eigenvalue weighted by atomic mass is 16.3. The molecule has 0 aromatic carbocycles. The topological polar surface area (TPSA) is 76.1 Å². The third-order valence-corrected chi connectivity index (χ3v) is 2.98. The second kappa shape index (κ2) is 5.61. The lowest BCUT2D eigenvalue weighted by atomic mass is 9.94. The number of nitrogen functional groups attached to an aromatic ring is 1. The van der Waals surface area contributed by atoms with Crippen LogP contribution in [0.15, 0.2) is 0 Å². The van der Waals surface area contributed by atoms with Crippen LogP contribution in [0, 0.1) is 5.92 Å². The van der Waals surface area contributed by atoms with Gasteiger partial charge in [0.25, 0.3) is 0 Å². The fourth-order valence-corrected chi connectivity index (χ4v) is 2.29. The van der Waals surface area contributed by atoms with Crippen LogP contribution in [-0.2, 0) is 13.5 Å². The van der Waals surface area contributed by atoms with E-state index < -0.39 is 5.60 Å². The van der Waals surface area contributed by atoms with Crippen molar-refractivity contribution in [2.24, 2.45) is 13.0 Å². The monoisotopic (exact) mass is 254 g/mol. The number of aliphatic hydroxyl groups is 1. The molecule has 4 N–H and O–H groups in total. The molecule has 0 amide bonds. The average Bonchev–Trinajstić information content (AvgIpc) is 2.49. The second-order valence-corrected chi connectivity index (χ2v) is 5.63. The lowest BCUT2D eigenvalue weighted by Gasteiger charge is -2.26. The molecule has 1 atom stereocenters. The van der Waals surface area contributed by atoms with Gasteiger partial charge in [0.05, 0.1) is 17.0 Å². The summed E-state index contributed by atoms with van der Waals surface area (Å²) in [5, 5.41) is 17.8. The fraction of sp³-hybridized carbons (Fsp3) is 0.769. The largest absolute Gasteiger partial charge is 0.394 e. The van der Waals surface area contributed by atoms with Crippen molar-refractivity contribution in [2.45, 2.75) is 46.1 Å². The van der Waals surface area contributed by atoms with Gasteiger partial charge in [0.1, 0.15) is 5.82 Å². The number of nitrogens with one attached hydrogen (secondary N) is 1. The van der Waals surface area contributed by atoms with E-state index in [9.17, 15) is 5.11 Å². The van der Waals surface area contributed by atoms with Crippen LogP contribution < -0.4 is 11.1 Å². The predicted octanol–water partition coefficient (Wildman–Crippen LogP) is 1.77. The molecule has 0 saturated heterocycles. The van der Waals surface area contributed by atoms with Crippen molar-refractivity contribution in [2.75, 3.05) is 17.6 Å². The maximum Gasteiger partial charge on any atom is 0.147 e. The molecule has 1 aromatic heterocycles. The van der Waals surface area contributed by atoms with Gasteiger partial charge in [0.2, 0.25) is 0 Å². The Morgan fingerprint density at radius 2 is 2.11 bits per heavy atom. The first-order valence-electron chi connectivity index (χ1n) is 6.54. The predicted molar refractivity (Wildman–Crippen MR) is 75.6 cm³/mol. The maximum atomic E-state index is 10.3. The zero-order valence-electron chi connectivity index (χ0n) is 12.1. The van der Waals surface area contributed by atoms with Crippen molar-refractivity contribution in [3.05, 3.63) is 5.69 Å². The Balaban J connectivity index is 2.71. The molecule has 1 unspecified atom stereocenters. The van der Waals surface area contributed by atoms with Crippen LogP contribution in [0.25, 0.3) is 0 Å². The summed E-state index contributed by atoms with van der Waals surface area (Å²) < 4.78 is 1.74. The number of hydrogen-bond donors (Lipinski definition) is 3. The van der Waals surface area contributed by atoms with Crippen LogP contribution in [0.5, 0.6) is 0 Å². The summed E-state index contributed by atoms with van der Waals surface area (Å²) >= 11 is 0. The molecule has 0 fully saturated rings. The van der Waals surface area contributed by atoms with Crippen LogP contribution in [0.1, 0.15) is 39.8 Å². The zero-order chi connectivity index (χ0) is 13.9. The molecule has 18 heavy (non-hydrogen) atoms. The highest BCUT2D eigenvalue weighted by molar-refractivity contribution is 5.65. The van der Waals surface area contributed by atoms with Gasteiger partial charge in [-0.05, 0) is 25.7 Å². The quantitative estimate of drug-likeness (QED) is 0.723. The molecular weight excluding hydrogens is 228 g/mol. The first-order valence-corrected chi connectivity index (χ1v) is 6.54. The first-order chi connectivity index (χ1) is 8.26. The number of nitrogens with two attached hydrogens (primary N) is 1. The summed E-state index contributed by atoms with van der Waals surface area (Å²) in [5.74, 6) is 1.24.